The highest BCUT2D eigenvalue weighted by molar-refractivity contribution is 8.60. The van der Waals surface area contributed by atoms with Gasteiger partial charge in [-0.3, -0.25) is 9.88 Å². The van der Waals surface area contributed by atoms with E-state index in [9.17, 15) is 4.79 Å². The lowest BCUT2D eigenvalue weighted by atomic mass is 10.3. The van der Waals surface area contributed by atoms with E-state index in [1.54, 1.807) is 0 Å². The number of likely N-dealkylation sites (N-methyl/N-ethyl adjacent to an activating group) is 1. The molecule has 1 saturated heterocycles. The zero-order valence-corrected chi connectivity index (χ0v) is 11.9. The molecule has 76 valence electrons. The number of rotatable bonds is 4. The molecule has 0 aliphatic carbocycles. The number of hydrogen-bond donors (Lipinski definition) is 1. The fraction of sp³-hybridized carbons (Fsp3) is 0.833. The predicted molar refractivity (Wildman–Crippen MR) is 68.4 cm³/mol. The van der Waals surface area contributed by atoms with E-state index in [0.717, 1.165) is 27.5 Å². The van der Waals surface area contributed by atoms with Crippen LogP contribution in [-0.2, 0) is 4.79 Å². The van der Waals surface area contributed by atoms with E-state index in [1.807, 2.05) is 11.8 Å². The summed E-state index contributed by atoms with van der Waals surface area (Å²) >= 11 is 0. The van der Waals surface area contributed by atoms with Crippen LogP contribution in [0.15, 0.2) is 0 Å². The van der Waals surface area contributed by atoms with Crippen LogP contribution in [0, 0.1) is 0 Å². The van der Waals surface area contributed by atoms with Crippen LogP contribution in [0.25, 0.3) is 0 Å². The molecule has 5 atom stereocenters. The van der Waals surface area contributed by atoms with E-state index in [1.165, 1.54) is 0 Å². The minimum atomic E-state index is -0.230. The number of likely N-dealkylation sites (tertiary alicyclic amines) is 1. The predicted octanol–water partition coefficient (Wildman–Crippen LogP) is 1.77. The first-order valence-corrected chi connectivity index (χ1v) is 10.9. The molecule has 0 saturated carbocycles. The van der Waals surface area contributed by atoms with Crippen LogP contribution < -0.4 is 5.09 Å². The van der Waals surface area contributed by atoms with Crippen molar-refractivity contribution in [2.45, 2.75) is 19.4 Å². The van der Waals surface area contributed by atoms with Crippen molar-refractivity contribution in [1.82, 2.24) is 9.99 Å². The number of carbonyl (C=O) groups is 1. The lowest BCUT2D eigenvalue weighted by Crippen LogP contribution is -2.34. The largest absolute Gasteiger partial charge is 0.342 e. The Morgan fingerprint density at radius 2 is 2.54 bits per heavy atom. The molecule has 0 spiro atoms. The Bertz CT molecular complexity index is 191. The van der Waals surface area contributed by atoms with Crippen molar-refractivity contribution in [2.24, 2.45) is 0 Å². The van der Waals surface area contributed by atoms with E-state index in [0.29, 0.717) is 0 Å². The summed E-state index contributed by atoms with van der Waals surface area (Å²) < 4.78 is 0. The van der Waals surface area contributed by atoms with Crippen molar-refractivity contribution < 1.29 is 4.79 Å². The van der Waals surface area contributed by atoms with Gasteiger partial charge in [-0.2, -0.15) is 0 Å². The number of nitrogens with zero attached hydrogens (tertiary/aromatic N) is 1. The summed E-state index contributed by atoms with van der Waals surface area (Å²) in [6.07, 6.45) is 0.967. The molecule has 0 aromatic rings. The van der Waals surface area contributed by atoms with Gasteiger partial charge in [-0.25, -0.2) is 0 Å². The highest BCUT2D eigenvalue weighted by atomic mass is 32.6. The first-order chi connectivity index (χ1) is 6.19. The Labute approximate surface area is 86.8 Å². The lowest BCUT2D eigenvalue weighted by molar-refractivity contribution is -0.128. The van der Waals surface area contributed by atoms with Gasteiger partial charge in [0.1, 0.15) is 0 Å². The molecule has 3 nitrogen and oxygen atoms in total. The van der Waals surface area contributed by atoms with Crippen molar-refractivity contribution in [1.29, 1.82) is 0 Å². The molecule has 1 N–H and O–H groups in total. The molecule has 1 amide bonds. The van der Waals surface area contributed by atoms with Gasteiger partial charge in [0.15, 0.2) is 0 Å². The van der Waals surface area contributed by atoms with Crippen LogP contribution in [0.2, 0.25) is 0 Å². The third-order valence-electron chi connectivity index (χ3n) is 2.11. The van der Waals surface area contributed by atoms with Crippen LogP contribution in [0.4, 0.5) is 0 Å². The average molecular weight is 256 g/mol. The highest BCUT2D eigenvalue weighted by Gasteiger charge is 2.30. The number of carbonyl (C=O) groups excluding carboxylic acids is 1. The van der Waals surface area contributed by atoms with Gasteiger partial charge < -0.3 is 4.90 Å². The molecule has 5 unspecified atom stereocenters. The lowest BCUT2D eigenvalue weighted by Gasteiger charge is -2.17. The van der Waals surface area contributed by atoms with E-state index >= 15 is 0 Å². The molecular formula is C6H16N2OP4. The SMILES string of the molecule is CCN1CCC(NP(P)PP)C1=O. The van der Waals surface area contributed by atoms with Gasteiger partial charge in [0.2, 0.25) is 5.91 Å². The Balaban J connectivity index is 2.41. The number of nitrogens with one attached hydrogen (secondary N) is 1. The first kappa shape index (κ1) is 12.2. The zero-order valence-electron chi connectivity index (χ0n) is 7.66. The second-order valence-electron chi connectivity index (χ2n) is 2.89. The molecule has 0 radical (unpaired) electrons. The Morgan fingerprint density at radius 1 is 1.85 bits per heavy atom. The fourth-order valence-electron chi connectivity index (χ4n) is 1.38. The van der Waals surface area contributed by atoms with Crippen LogP contribution >= 0.6 is 33.3 Å². The highest BCUT2D eigenvalue weighted by Crippen LogP contribution is 2.63. The maximum Gasteiger partial charge on any atom is 0.240 e. The monoisotopic (exact) mass is 256 g/mol. The first-order valence-electron chi connectivity index (χ1n) is 4.25. The van der Waals surface area contributed by atoms with Crippen LogP contribution in [0.5, 0.6) is 0 Å². The van der Waals surface area contributed by atoms with Gasteiger partial charge in [0.25, 0.3) is 0 Å². The Morgan fingerprint density at radius 3 is 3.00 bits per heavy atom. The maximum absolute atomic E-state index is 11.6. The van der Waals surface area contributed by atoms with Gasteiger partial charge >= 0.3 is 0 Å². The van der Waals surface area contributed by atoms with Gasteiger partial charge in [-0.05, 0) is 13.3 Å². The Kier molecular flexibility index (Phi) is 5.54. The van der Waals surface area contributed by atoms with Crippen molar-refractivity contribution in [2.75, 3.05) is 13.1 Å². The summed E-state index contributed by atoms with van der Waals surface area (Å²) in [7, 11) is 6.08. The molecule has 1 heterocycles. The van der Waals surface area contributed by atoms with Gasteiger partial charge in [0, 0.05) is 20.5 Å². The van der Waals surface area contributed by atoms with Crippen molar-refractivity contribution in [3.63, 3.8) is 0 Å². The van der Waals surface area contributed by atoms with Gasteiger partial charge in [-0.15, -0.1) is 8.93 Å². The number of amides is 1. The van der Waals surface area contributed by atoms with Crippen molar-refractivity contribution >= 4 is 39.2 Å². The average Bonchev–Trinajstić information content (AvgIpc) is 2.48. The Hall–Kier alpha value is 1.15. The number of hydrogen-bond acceptors (Lipinski definition) is 2. The summed E-state index contributed by atoms with van der Waals surface area (Å²) in [6.45, 7) is 3.79. The summed E-state index contributed by atoms with van der Waals surface area (Å²) in [4.78, 5) is 13.6. The molecule has 1 fully saturated rings. The zero-order chi connectivity index (χ0) is 9.84. The third-order valence-corrected chi connectivity index (χ3v) is 11.2. The molecule has 1 aliphatic rings. The van der Waals surface area contributed by atoms with Crippen LogP contribution in [0.1, 0.15) is 13.3 Å². The molecule has 0 aromatic heterocycles. The molecular weight excluding hydrogens is 240 g/mol. The molecule has 7 heteroatoms. The molecule has 0 aromatic carbocycles. The molecule has 13 heavy (non-hydrogen) atoms. The molecule has 1 rings (SSSR count). The van der Waals surface area contributed by atoms with Gasteiger partial charge in [-0.1, -0.05) is 16.9 Å². The standard InChI is InChI=1S/C6H16N2OP4/c1-2-8-4-3-5(6(8)9)7-13(11)12-10/h5,7,12H,2-4,10-11H2,1H3. The summed E-state index contributed by atoms with van der Waals surface area (Å²) in [5.41, 5.74) is 0. The van der Waals surface area contributed by atoms with E-state index in [-0.39, 0.29) is 19.4 Å². The van der Waals surface area contributed by atoms with E-state index < -0.39 is 0 Å². The smallest absolute Gasteiger partial charge is 0.240 e. The van der Waals surface area contributed by atoms with E-state index in [4.69, 9.17) is 0 Å². The topological polar surface area (TPSA) is 32.3 Å². The van der Waals surface area contributed by atoms with Crippen LogP contribution in [0.3, 0.4) is 0 Å². The second kappa shape index (κ2) is 5.89. The van der Waals surface area contributed by atoms with E-state index in [2.05, 4.69) is 22.9 Å². The molecule has 0 bridgehead atoms. The van der Waals surface area contributed by atoms with Crippen LogP contribution in [-0.4, -0.2) is 29.9 Å². The second-order valence-corrected chi connectivity index (χ2v) is 11.8. The van der Waals surface area contributed by atoms with Crippen molar-refractivity contribution in [3.8, 4) is 0 Å². The quantitative estimate of drug-likeness (QED) is 0.777. The summed E-state index contributed by atoms with van der Waals surface area (Å²) in [5.74, 6) is 0.278. The third kappa shape index (κ3) is 3.33. The van der Waals surface area contributed by atoms with Crippen molar-refractivity contribution in [3.05, 3.63) is 0 Å². The summed E-state index contributed by atoms with van der Waals surface area (Å²) in [6, 6.07) is 0.0802. The molecule has 1 aliphatic heterocycles. The maximum atomic E-state index is 11.6. The normalized spacial score (nSPS) is 26.2. The van der Waals surface area contributed by atoms with Gasteiger partial charge in [0.05, 0.1) is 6.04 Å². The minimum Gasteiger partial charge on any atom is -0.342 e. The minimum absolute atomic E-state index is 0.0802. The summed E-state index contributed by atoms with van der Waals surface area (Å²) in [5, 5.41) is 3.37. The fourth-order valence-corrected chi connectivity index (χ4v) is 3.93.